The quantitative estimate of drug-likeness (QED) is 0.209. The van der Waals surface area contributed by atoms with Gasteiger partial charge in [-0.15, -0.1) is 0 Å². The Hall–Kier alpha value is -1.74. The van der Waals surface area contributed by atoms with Gasteiger partial charge in [-0.3, -0.25) is 4.57 Å². The summed E-state index contributed by atoms with van der Waals surface area (Å²) in [4.78, 5) is 27.6. The molecule has 34 heavy (non-hydrogen) atoms. The molecule has 0 spiro atoms. The molecule has 2 aliphatic rings. The van der Waals surface area contributed by atoms with E-state index in [9.17, 15) is 34.8 Å². The Morgan fingerprint density at radius 1 is 1.24 bits per heavy atom. The molecular weight excluding hydrogens is 473 g/mol. The van der Waals surface area contributed by atoms with Crippen LogP contribution in [-0.2, 0) is 20.6 Å². The van der Waals surface area contributed by atoms with E-state index in [-0.39, 0.29) is 17.5 Å². The second kappa shape index (κ2) is 9.72. The normalized spacial score (nSPS) is 28.0. The molecule has 15 heteroatoms. The van der Waals surface area contributed by atoms with Crippen molar-refractivity contribution in [2.24, 2.45) is 0 Å². The van der Waals surface area contributed by atoms with E-state index < -0.39 is 57.3 Å². The minimum atomic E-state index is -4.84. The zero-order chi connectivity index (χ0) is 24.7. The fourth-order valence-electron chi connectivity index (χ4n) is 4.15. The first-order valence-corrected chi connectivity index (χ1v) is 12.6. The summed E-state index contributed by atoms with van der Waals surface area (Å²) < 4.78 is 23.9. The number of hydrogen-bond donors (Lipinski definition) is 7. The van der Waals surface area contributed by atoms with E-state index in [1.54, 1.807) is 0 Å². The van der Waals surface area contributed by atoms with Crippen molar-refractivity contribution in [1.82, 2.24) is 19.7 Å². The van der Waals surface area contributed by atoms with Gasteiger partial charge in [0.25, 0.3) is 0 Å². The van der Waals surface area contributed by atoms with E-state index in [4.69, 9.17) is 9.47 Å². The van der Waals surface area contributed by atoms with Crippen molar-refractivity contribution in [3.8, 4) is 0 Å². The minimum Gasteiger partial charge on any atom is -0.393 e. The Bertz CT molecular complexity index is 1060. The van der Waals surface area contributed by atoms with E-state index in [0.29, 0.717) is 11.2 Å². The number of aromatic nitrogens is 4. The molecule has 0 bridgehead atoms. The molecule has 2 aromatic rings. The van der Waals surface area contributed by atoms with Crippen LogP contribution >= 0.6 is 7.60 Å². The maximum Gasteiger partial charge on any atom is 0.359 e. The fraction of sp³-hybridized carbons (Fsp3) is 0.737. The third kappa shape index (κ3) is 4.70. The summed E-state index contributed by atoms with van der Waals surface area (Å²) in [6.45, 7) is -0.860. The lowest BCUT2D eigenvalue weighted by atomic mass is 10.1. The Morgan fingerprint density at radius 2 is 1.94 bits per heavy atom. The third-order valence-electron chi connectivity index (χ3n) is 6.38. The standard InChI is InChI=1S/C19H30N5O9P/c1-19(9-26,34(29,30)31)32-8-12-14(27)15(28)18(33-12)24-17-11(6-20-24)16(22-13(7-25)23-17)21-10-4-2-3-5-10/h6,10,12,14-15,18,25-28H,2-5,7-9H2,1H3,(H,21,22,23)(H2,29,30,31)/t12-,14-,15-,18-,19+/m1/s1. The lowest BCUT2D eigenvalue weighted by Gasteiger charge is -2.29. The van der Waals surface area contributed by atoms with Gasteiger partial charge < -0.3 is 45.0 Å². The summed E-state index contributed by atoms with van der Waals surface area (Å²) in [7, 11) is -4.84. The number of fused-ring (bicyclic) bond motifs is 1. The van der Waals surface area contributed by atoms with Crippen molar-refractivity contribution >= 4 is 24.4 Å². The average Bonchev–Trinajstić information content (AvgIpc) is 3.52. The summed E-state index contributed by atoms with van der Waals surface area (Å²) in [6.07, 6.45) is 0.393. The van der Waals surface area contributed by atoms with Gasteiger partial charge in [0, 0.05) is 6.04 Å². The van der Waals surface area contributed by atoms with Gasteiger partial charge >= 0.3 is 7.60 Å². The van der Waals surface area contributed by atoms with Gasteiger partial charge in [0.1, 0.15) is 30.7 Å². The molecule has 4 rings (SSSR count). The van der Waals surface area contributed by atoms with Crippen LogP contribution in [0.1, 0.15) is 44.7 Å². The molecule has 0 aromatic carbocycles. The van der Waals surface area contributed by atoms with E-state index in [2.05, 4.69) is 20.4 Å². The monoisotopic (exact) mass is 503 g/mol. The summed E-state index contributed by atoms with van der Waals surface area (Å²) in [5.41, 5.74) is 0.271. The number of anilines is 1. The smallest absolute Gasteiger partial charge is 0.359 e. The highest BCUT2D eigenvalue weighted by atomic mass is 31.2. The van der Waals surface area contributed by atoms with Crippen LogP contribution in [0.3, 0.4) is 0 Å². The van der Waals surface area contributed by atoms with Gasteiger partial charge in [0.2, 0.25) is 0 Å². The molecule has 2 aromatic heterocycles. The van der Waals surface area contributed by atoms with E-state index >= 15 is 0 Å². The van der Waals surface area contributed by atoms with Crippen LogP contribution in [0.4, 0.5) is 5.82 Å². The zero-order valence-corrected chi connectivity index (χ0v) is 19.5. The zero-order valence-electron chi connectivity index (χ0n) is 18.6. The minimum absolute atomic E-state index is 0.142. The van der Waals surface area contributed by atoms with Gasteiger partial charge in [0.15, 0.2) is 23.0 Å². The summed E-state index contributed by atoms with van der Waals surface area (Å²) in [5.74, 6) is 0.642. The highest BCUT2D eigenvalue weighted by Gasteiger charge is 2.48. The van der Waals surface area contributed by atoms with Crippen molar-refractivity contribution in [1.29, 1.82) is 0 Å². The second-order valence-corrected chi connectivity index (χ2v) is 10.9. The number of rotatable bonds is 9. The van der Waals surface area contributed by atoms with Crippen molar-refractivity contribution in [2.75, 3.05) is 18.5 Å². The number of aliphatic hydroxyl groups excluding tert-OH is 4. The molecule has 0 unspecified atom stereocenters. The summed E-state index contributed by atoms with van der Waals surface area (Å²) >= 11 is 0. The topological polar surface area (TPSA) is 213 Å². The van der Waals surface area contributed by atoms with Crippen molar-refractivity contribution in [2.45, 2.75) is 75.1 Å². The average molecular weight is 503 g/mol. The Labute approximate surface area is 194 Å². The van der Waals surface area contributed by atoms with E-state index in [1.807, 2.05) is 0 Å². The van der Waals surface area contributed by atoms with Gasteiger partial charge in [-0.05, 0) is 19.8 Å². The van der Waals surface area contributed by atoms with Gasteiger partial charge in [-0.1, -0.05) is 12.8 Å². The summed E-state index contributed by atoms with van der Waals surface area (Å²) in [6, 6.07) is 0.236. The van der Waals surface area contributed by atoms with Crippen LogP contribution in [0.25, 0.3) is 11.0 Å². The molecule has 3 heterocycles. The SMILES string of the molecule is C[C@](CO)(OC[C@H]1O[C@@H](n2ncc3c(NC4CCCC4)nc(CO)nc32)[C@H](O)[C@@H]1O)P(=O)(O)O. The lowest BCUT2D eigenvalue weighted by Crippen LogP contribution is -2.39. The van der Waals surface area contributed by atoms with Gasteiger partial charge in [-0.25, -0.2) is 14.6 Å². The molecule has 1 aliphatic carbocycles. The predicted octanol–water partition coefficient (Wildman–Crippen LogP) is -0.805. The lowest BCUT2D eigenvalue weighted by molar-refractivity contribution is -0.104. The van der Waals surface area contributed by atoms with E-state index in [0.717, 1.165) is 32.6 Å². The molecule has 1 saturated carbocycles. The van der Waals surface area contributed by atoms with Crippen molar-refractivity contribution < 1.29 is 44.3 Å². The van der Waals surface area contributed by atoms with Crippen LogP contribution in [0.5, 0.6) is 0 Å². The molecular formula is C19H30N5O9P. The van der Waals surface area contributed by atoms with Crippen LogP contribution in [-0.4, -0.2) is 92.9 Å². The number of nitrogens with zero attached hydrogens (tertiary/aromatic N) is 4. The number of hydrogen-bond acceptors (Lipinski definition) is 11. The molecule has 190 valence electrons. The number of ether oxygens (including phenoxy) is 2. The molecule has 14 nitrogen and oxygen atoms in total. The molecule has 1 aliphatic heterocycles. The van der Waals surface area contributed by atoms with Crippen molar-refractivity contribution in [3.05, 3.63) is 12.0 Å². The second-order valence-electron chi connectivity index (χ2n) is 8.83. The molecule has 7 N–H and O–H groups in total. The first-order valence-electron chi connectivity index (χ1n) is 11.0. The Kier molecular flexibility index (Phi) is 7.25. The highest BCUT2D eigenvalue weighted by molar-refractivity contribution is 7.53. The highest BCUT2D eigenvalue weighted by Crippen LogP contribution is 2.51. The van der Waals surface area contributed by atoms with Crippen LogP contribution < -0.4 is 5.32 Å². The first-order chi connectivity index (χ1) is 16.1. The van der Waals surface area contributed by atoms with Gasteiger partial charge in [-0.2, -0.15) is 5.10 Å². The molecule has 0 radical (unpaired) electrons. The predicted molar refractivity (Wildman–Crippen MR) is 117 cm³/mol. The molecule has 2 fully saturated rings. The Balaban J connectivity index is 1.58. The third-order valence-corrected chi connectivity index (χ3v) is 7.89. The Morgan fingerprint density at radius 3 is 2.56 bits per heavy atom. The summed E-state index contributed by atoms with van der Waals surface area (Å²) in [5, 5.41) is 46.1. The van der Waals surface area contributed by atoms with Crippen LogP contribution in [0.2, 0.25) is 0 Å². The van der Waals surface area contributed by atoms with Crippen LogP contribution in [0, 0.1) is 0 Å². The first kappa shape index (κ1) is 25.4. The van der Waals surface area contributed by atoms with Gasteiger partial charge in [0.05, 0.1) is 24.8 Å². The number of nitrogens with one attached hydrogen (secondary N) is 1. The largest absolute Gasteiger partial charge is 0.393 e. The maximum absolute atomic E-state index is 11.7. The van der Waals surface area contributed by atoms with Crippen molar-refractivity contribution in [3.63, 3.8) is 0 Å². The molecule has 5 atom stereocenters. The molecule has 0 amide bonds. The fourth-order valence-corrected chi connectivity index (χ4v) is 4.58. The number of aliphatic hydroxyl groups is 4. The van der Waals surface area contributed by atoms with E-state index in [1.165, 1.54) is 10.9 Å². The molecule has 1 saturated heterocycles. The van der Waals surface area contributed by atoms with Crippen LogP contribution in [0.15, 0.2) is 6.20 Å². The maximum atomic E-state index is 11.7.